The van der Waals surface area contributed by atoms with Crippen LogP contribution in [-0.4, -0.2) is 54.0 Å². The lowest BCUT2D eigenvalue weighted by Crippen LogP contribution is -2.39. The number of nitrogens with zero attached hydrogens (tertiary/aromatic N) is 2. The van der Waals surface area contributed by atoms with Crippen molar-refractivity contribution in [1.29, 1.82) is 0 Å². The highest BCUT2D eigenvalue weighted by Crippen LogP contribution is 2.44. The van der Waals surface area contributed by atoms with E-state index >= 15 is 0 Å². The predicted molar refractivity (Wildman–Crippen MR) is 121 cm³/mol. The molecule has 2 aliphatic rings. The van der Waals surface area contributed by atoms with Gasteiger partial charge in [0.2, 0.25) is 0 Å². The maximum atomic E-state index is 12.6. The Hall–Kier alpha value is -4.46. The molecular formula is C26H20N2O6. The van der Waals surface area contributed by atoms with Crippen molar-refractivity contribution in [1.82, 2.24) is 9.96 Å². The third-order valence-corrected chi connectivity index (χ3v) is 5.96. The first-order chi connectivity index (χ1) is 16.5. The SMILES string of the molecule is CN(CC(=O)ON1C(=O)c2ccccc2C1=O)C(=O)OCC1c2ccccc2-c2ccccc21. The normalized spacial score (nSPS) is 13.9. The molecule has 0 spiro atoms. The van der Waals surface area contributed by atoms with Gasteiger partial charge in [0.15, 0.2) is 0 Å². The highest BCUT2D eigenvalue weighted by molar-refractivity contribution is 6.20. The largest absolute Gasteiger partial charge is 0.448 e. The fraction of sp³-hybridized carbons (Fsp3) is 0.154. The van der Waals surface area contributed by atoms with Crippen molar-refractivity contribution in [3.8, 4) is 11.1 Å². The van der Waals surface area contributed by atoms with E-state index < -0.39 is 30.4 Å². The number of ether oxygens (including phenoxy) is 1. The molecule has 170 valence electrons. The van der Waals surface area contributed by atoms with E-state index in [1.165, 1.54) is 19.2 Å². The third kappa shape index (κ3) is 3.59. The van der Waals surface area contributed by atoms with Crippen molar-refractivity contribution in [2.24, 2.45) is 0 Å². The Balaban J connectivity index is 1.19. The number of rotatable bonds is 5. The number of likely N-dealkylation sites (N-methyl/N-ethyl adjacent to an activating group) is 1. The highest BCUT2D eigenvalue weighted by Gasteiger charge is 2.39. The average molecular weight is 456 g/mol. The lowest BCUT2D eigenvalue weighted by molar-refractivity contribution is -0.169. The second kappa shape index (κ2) is 8.47. The van der Waals surface area contributed by atoms with Gasteiger partial charge in [0.05, 0.1) is 11.1 Å². The van der Waals surface area contributed by atoms with E-state index in [0.29, 0.717) is 5.06 Å². The van der Waals surface area contributed by atoms with Gasteiger partial charge in [-0.1, -0.05) is 65.7 Å². The summed E-state index contributed by atoms with van der Waals surface area (Å²) in [7, 11) is 1.38. The van der Waals surface area contributed by atoms with Crippen LogP contribution >= 0.6 is 0 Å². The summed E-state index contributed by atoms with van der Waals surface area (Å²) >= 11 is 0. The van der Waals surface area contributed by atoms with E-state index in [1.54, 1.807) is 12.1 Å². The second-order valence-electron chi connectivity index (χ2n) is 8.07. The van der Waals surface area contributed by atoms with E-state index in [-0.39, 0.29) is 23.7 Å². The van der Waals surface area contributed by atoms with Gasteiger partial charge in [-0.15, -0.1) is 0 Å². The Morgan fingerprint density at radius 1 is 0.794 bits per heavy atom. The topological polar surface area (TPSA) is 93.2 Å². The zero-order valence-electron chi connectivity index (χ0n) is 18.3. The summed E-state index contributed by atoms with van der Waals surface area (Å²) in [5.41, 5.74) is 4.68. The number of carbonyl (C=O) groups excluding carboxylic acids is 4. The van der Waals surface area contributed by atoms with Crippen LogP contribution in [0.4, 0.5) is 4.79 Å². The molecule has 0 atom stereocenters. The Morgan fingerprint density at radius 3 is 1.79 bits per heavy atom. The molecule has 1 aliphatic carbocycles. The molecule has 0 unspecified atom stereocenters. The van der Waals surface area contributed by atoms with Gasteiger partial charge >= 0.3 is 12.1 Å². The molecule has 0 aromatic heterocycles. The number of hydrogen-bond donors (Lipinski definition) is 0. The molecule has 1 heterocycles. The number of fused-ring (bicyclic) bond motifs is 4. The Kier molecular flexibility index (Phi) is 5.33. The molecule has 8 heteroatoms. The van der Waals surface area contributed by atoms with Crippen molar-refractivity contribution in [3.05, 3.63) is 95.1 Å². The molecule has 1 aliphatic heterocycles. The quantitative estimate of drug-likeness (QED) is 0.545. The molecule has 34 heavy (non-hydrogen) atoms. The summed E-state index contributed by atoms with van der Waals surface area (Å²) in [6.07, 6.45) is -0.721. The van der Waals surface area contributed by atoms with Crippen molar-refractivity contribution in [3.63, 3.8) is 0 Å². The van der Waals surface area contributed by atoms with E-state index in [0.717, 1.165) is 27.2 Å². The number of carbonyl (C=O) groups is 4. The minimum absolute atomic E-state index is 0.102. The number of benzene rings is 3. The van der Waals surface area contributed by atoms with Gasteiger partial charge < -0.3 is 14.5 Å². The van der Waals surface area contributed by atoms with Crippen LogP contribution in [0.3, 0.4) is 0 Å². The maximum Gasteiger partial charge on any atom is 0.410 e. The van der Waals surface area contributed by atoms with Crippen LogP contribution in [-0.2, 0) is 14.4 Å². The van der Waals surface area contributed by atoms with Crippen LogP contribution in [0.25, 0.3) is 11.1 Å². The van der Waals surface area contributed by atoms with E-state index in [9.17, 15) is 19.2 Å². The average Bonchev–Trinajstić information content (AvgIpc) is 3.30. The summed E-state index contributed by atoms with van der Waals surface area (Å²) in [6.45, 7) is -0.394. The molecule has 0 bridgehead atoms. The van der Waals surface area contributed by atoms with Crippen LogP contribution in [0.5, 0.6) is 0 Å². The molecular weight excluding hydrogens is 436 g/mol. The zero-order valence-corrected chi connectivity index (χ0v) is 18.3. The lowest BCUT2D eigenvalue weighted by Gasteiger charge is -2.20. The van der Waals surface area contributed by atoms with Crippen LogP contribution in [0, 0.1) is 0 Å². The fourth-order valence-electron chi connectivity index (χ4n) is 4.34. The summed E-state index contributed by atoms with van der Waals surface area (Å²) in [4.78, 5) is 55.5. The maximum absolute atomic E-state index is 12.6. The molecule has 0 fully saturated rings. The van der Waals surface area contributed by atoms with Crippen molar-refractivity contribution in [2.75, 3.05) is 20.2 Å². The molecule has 0 saturated carbocycles. The van der Waals surface area contributed by atoms with Gasteiger partial charge in [0.1, 0.15) is 13.2 Å². The highest BCUT2D eigenvalue weighted by atomic mass is 16.7. The lowest BCUT2D eigenvalue weighted by atomic mass is 9.98. The van der Waals surface area contributed by atoms with Crippen molar-refractivity contribution < 1.29 is 28.8 Å². The van der Waals surface area contributed by atoms with Crippen molar-refractivity contribution >= 4 is 23.9 Å². The van der Waals surface area contributed by atoms with Gasteiger partial charge in [-0.05, 0) is 34.4 Å². The van der Waals surface area contributed by atoms with E-state index in [2.05, 4.69) is 0 Å². The Bertz CT molecular complexity index is 1250. The summed E-state index contributed by atoms with van der Waals surface area (Å²) in [5.74, 6) is -2.50. The van der Waals surface area contributed by atoms with Gasteiger partial charge in [-0.2, -0.15) is 0 Å². The number of hydrogen-bond acceptors (Lipinski definition) is 6. The minimum Gasteiger partial charge on any atom is -0.448 e. The molecule has 5 rings (SSSR count). The van der Waals surface area contributed by atoms with E-state index in [4.69, 9.17) is 9.57 Å². The fourth-order valence-corrected chi connectivity index (χ4v) is 4.34. The van der Waals surface area contributed by atoms with Crippen LogP contribution in [0.2, 0.25) is 0 Å². The monoisotopic (exact) mass is 456 g/mol. The molecule has 3 aromatic carbocycles. The van der Waals surface area contributed by atoms with Crippen LogP contribution < -0.4 is 0 Å². The number of hydroxylamine groups is 2. The van der Waals surface area contributed by atoms with Gasteiger partial charge in [-0.3, -0.25) is 9.59 Å². The molecule has 0 N–H and O–H groups in total. The van der Waals surface area contributed by atoms with Crippen LogP contribution in [0.15, 0.2) is 72.8 Å². The first kappa shape index (κ1) is 21.4. The first-order valence-electron chi connectivity index (χ1n) is 10.7. The summed E-state index contributed by atoms with van der Waals surface area (Å²) in [5, 5.41) is 0.415. The Labute approximate surface area is 195 Å². The standard InChI is InChI=1S/C26H20N2O6/c1-27(14-23(29)34-28-24(30)20-12-6-7-13-21(20)25(28)31)26(32)33-15-22-18-10-4-2-8-16(18)17-9-3-5-11-19(17)22/h2-13,22H,14-15H2,1H3. The zero-order chi connectivity index (χ0) is 23.8. The van der Waals surface area contributed by atoms with Gasteiger partial charge in [-0.25, -0.2) is 9.59 Å². The van der Waals surface area contributed by atoms with E-state index in [1.807, 2.05) is 48.5 Å². The number of amides is 3. The second-order valence-corrected chi connectivity index (χ2v) is 8.07. The molecule has 0 radical (unpaired) electrons. The predicted octanol–water partition coefficient (Wildman–Crippen LogP) is 3.62. The first-order valence-corrected chi connectivity index (χ1v) is 10.7. The van der Waals surface area contributed by atoms with Gasteiger partial charge in [0.25, 0.3) is 11.8 Å². The Morgan fingerprint density at radius 2 is 1.26 bits per heavy atom. The molecule has 8 nitrogen and oxygen atoms in total. The van der Waals surface area contributed by atoms with Crippen molar-refractivity contribution in [2.45, 2.75) is 5.92 Å². The molecule has 0 saturated heterocycles. The molecule has 3 amide bonds. The summed E-state index contributed by atoms with van der Waals surface area (Å²) in [6, 6.07) is 22.1. The smallest absolute Gasteiger partial charge is 0.410 e. The minimum atomic E-state index is -0.939. The molecule has 3 aromatic rings. The summed E-state index contributed by atoms with van der Waals surface area (Å²) < 4.78 is 5.50. The van der Waals surface area contributed by atoms with Gasteiger partial charge in [0, 0.05) is 13.0 Å². The van der Waals surface area contributed by atoms with Crippen LogP contribution in [0.1, 0.15) is 37.8 Å². The third-order valence-electron chi connectivity index (χ3n) is 5.96. The number of imide groups is 1.